The minimum absolute atomic E-state index is 0.117. The highest BCUT2D eigenvalue weighted by Gasteiger charge is 2.08. The molecule has 0 radical (unpaired) electrons. The Bertz CT molecular complexity index is 245. The minimum atomic E-state index is -0.226. The second kappa shape index (κ2) is 6.41. The first kappa shape index (κ1) is 12.9. The van der Waals surface area contributed by atoms with Gasteiger partial charge in [-0.2, -0.15) is 0 Å². The Hall–Kier alpha value is -1.05. The first-order valence-corrected chi connectivity index (χ1v) is 4.89. The second-order valence-corrected chi connectivity index (χ2v) is 3.73. The molecule has 0 amide bonds. The largest absolute Gasteiger partial charge is 0.458 e. The molecule has 1 unspecified atom stereocenters. The van der Waals surface area contributed by atoms with Crippen molar-refractivity contribution in [2.24, 2.45) is 0 Å². The summed E-state index contributed by atoms with van der Waals surface area (Å²) in [5, 5.41) is 0. The van der Waals surface area contributed by atoms with Gasteiger partial charge in [0.25, 0.3) is 0 Å². The third-order valence-corrected chi connectivity index (χ3v) is 1.85. The van der Waals surface area contributed by atoms with E-state index < -0.39 is 0 Å². The predicted octanol–water partition coefficient (Wildman–Crippen LogP) is 3.24. The summed E-state index contributed by atoms with van der Waals surface area (Å²) in [7, 11) is 0. The van der Waals surface area contributed by atoms with Crippen LogP contribution in [0.2, 0.25) is 0 Å². The molecule has 0 aliphatic carbocycles. The molecule has 0 fully saturated rings. The maximum Gasteiger partial charge on any atom is 0.303 e. The summed E-state index contributed by atoms with van der Waals surface area (Å²) in [6, 6.07) is 0. The lowest BCUT2D eigenvalue weighted by molar-refractivity contribution is -0.144. The highest BCUT2D eigenvalue weighted by Crippen LogP contribution is 2.11. The quantitative estimate of drug-likeness (QED) is 0.509. The molecule has 0 aliphatic rings. The average molecular weight is 196 g/mol. The maximum absolute atomic E-state index is 10.8. The predicted molar refractivity (Wildman–Crippen MR) is 59.0 cm³/mol. The van der Waals surface area contributed by atoms with Crippen LogP contribution in [0.1, 0.15) is 41.0 Å². The Kier molecular flexibility index (Phi) is 5.93. The number of allylic oxidation sites excluding steroid dienone is 2. The minimum Gasteiger partial charge on any atom is -0.458 e. The van der Waals surface area contributed by atoms with Crippen molar-refractivity contribution in [2.75, 3.05) is 0 Å². The average Bonchev–Trinajstić information content (AvgIpc) is 2.01. The molecule has 0 bridgehead atoms. The van der Waals surface area contributed by atoms with E-state index in [0.29, 0.717) is 0 Å². The molecule has 14 heavy (non-hydrogen) atoms. The summed E-state index contributed by atoms with van der Waals surface area (Å²) < 4.78 is 5.18. The van der Waals surface area contributed by atoms with Crippen LogP contribution in [0.5, 0.6) is 0 Å². The van der Waals surface area contributed by atoms with E-state index >= 15 is 0 Å². The molecule has 0 rings (SSSR count). The van der Waals surface area contributed by atoms with Gasteiger partial charge in [0.1, 0.15) is 6.10 Å². The second-order valence-electron chi connectivity index (χ2n) is 3.73. The van der Waals surface area contributed by atoms with Crippen molar-refractivity contribution < 1.29 is 9.53 Å². The lowest BCUT2D eigenvalue weighted by atomic mass is 10.1. The third kappa shape index (κ3) is 6.46. The topological polar surface area (TPSA) is 26.3 Å². The zero-order valence-electron chi connectivity index (χ0n) is 9.76. The van der Waals surface area contributed by atoms with Crippen molar-refractivity contribution >= 4 is 5.97 Å². The van der Waals surface area contributed by atoms with E-state index in [1.807, 2.05) is 39.8 Å². The third-order valence-electron chi connectivity index (χ3n) is 1.85. The van der Waals surface area contributed by atoms with Crippen LogP contribution < -0.4 is 0 Å². The fraction of sp³-hybridized carbons (Fsp3) is 0.583. The van der Waals surface area contributed by atoms with Gasteiger partial charge in [0, 0.05) is 13.3 Å². The molecule has 1 atom stereocenters. The zero-order valence-corrected chi connectivity index (χ0v) is 9.76. The lowest BCUT2D eigenvalue weighted by Gasteiger charge is -2.14. The summed E-state index contributed by atoms with van der Waals surface area (Å²) in [6.07, 6.45) is 4.68. The molecule has 0 aromatic heterocycles. The number of esters is 1. The van der Waals surface area contributed by atoms with Gasteiger partial charge in [0.15, 0.2) is 0 Å². The van der Waals surface area contributed by atoms with E-state index in [0.717, 1.165) is 6.42 Å². The van der Waals surface area contributed by atoms with E-state index in [1.165, 1.54) is 18.1 Å². The summed E-state index contributed by atoms with van der Waals surface area (Å²) in [5.74, 6) is -0.226. The summed E-state index contributed by atoms with van der Waals surface area (Å²) >= 11 is 0. The van der Waals surface area contributed by atoms with E-state index in [4.69, 9.17) is 4.74 Å². The molecule has 0 heterocycles. The first-order valence-electron chi connectivity index (χ1n) is 4.89. The zero-order chi connectivity index (χ0) is 11.1. The maximum atomic E-state index is 10.8. The monoisotopic (exact) mass is 196 g/mol. The number of rotatable bonds is 4. The van der Waals surface area contributed by atoms with E-state index in [-0.39, 0.29) is 12.1 Å². The van der Waals surface area contributed by atoms with Gasteiger partial charge in [-0.3, -0.25) is 4.79 Å². The van der Waals surface area contributed by atoms with Crippen LogP contribution in [-0.4, -0.2) is 12.1 Å². The van der Waals surface area contributed by atoms with Crippen molar-refractivity contribution in [2.45, 2.75) is 47.1 Å². The highest BCUT2D eigenvalue weighted by molar-refractivity contribution is 5.66. The molecule has 0 saturated heterocycles. The van der Waals surface area contributed by atoms with Crippen LogP contribution in [0.4, 0.5) is 0 Å². The Morgan fingerprint density at radius 3 is 2.21 bits per heavy atom. The number of carbonyl (C=O) groups excluding carboxylic acids is 1. The fourth-order valence-electron chi connectivity index (χ4n) is 1.15. The molecule has 0 aromatic rings. The number of hydrogen-bond donors (Lipinski definition) is 0. The fourth-order valence-corrected chi connectivity index (χ4v) is 1.15. The van der Waals surface area contributed by atoms with Crippen LogP contribution in [0.15, 0.2) is 23.3 Å². The molecule has 0 N–H and O–H groups in total. The SMILES string of the molecule is CC=C(C)CC(C=C(C)C)OC(C)=O. The van der Waals surface area contributed by atoms with Gasteiger partial charge >= 0.3 is 5.97 Å². The lowest BCUT2D eigenvalue weighted by Crippen LogP contribution is -2.14. The van der Waals surface area contributed by atoms with Crippen LogP contribution in [0.25, 0.3) is 0 Å². The van der Waals surface area contributed by atoms with Crippen LogP contribution in [0.3, 0.4) is 0 Å². The van der Waals surface area contributed by atoms with Gasteiger partial charge in [-0.15, -0.1) is 0 Å². The first-order chi connectivity index (χ1) is 6.45. The molecule has 2 nitrogen and oxygen atoms in total. The van der Waals surface area contributed by atoms with Gasteiger partial charge in [-0.25, -0.2) is 0 Å². The number of carbonyl (C=O) groups is 1. The van der Waals surface area contributed by atoms with Crippen LogP contribution in [0, 0.1) is 0 Å². The van der Waals surface area contributed by atoms with Gasteiger partial charge in [0.05, 0.1) is 0 Å². The van der Waals surface area contributed by atoms with Gasteiger partial charge in [-0.1, -0.05) is 17.2 Å². The van der Waals surface area contributed by atoms with Crippen molar-refractivity contribution in [3.8, 4) is 0 Å². The summed E-state index contributed by atoms with van der Waals surface area (Å²) in [6.45, 7) is 9.47. The molecule has 0 spiro atoms. The van der Waals surface area contributed by atoms with Crippen LogP contribution >= 0.6 is 0 Å². The Balaban J connectivity index is 4.40. The molecule has 0 saturated carbocycles. The van der Waals surface area contributed by atoms with Gasteiger partial charge < -0.3 is 4.74 Å². The molecular formula is C12H20O2. The number of hydrogen-bond acceptors (Lipinski definition) is 2. The Morgan fingerprint density at radius 2 is 1.86 bits per heavy atom. The van der Waals surface area contributed by atoms with Crippen molar-refractivity contribution in [3.05, 3.63) is 23.3 Å². The normalized spacial score (nSPS) is 13.4. The highest BCUT2D eigenvalue weighted by atomic mass is 16.5. The van der Waals surface area contributed by atoms with Crippen LogP contribution in [-0.2, 0) is 9.53 Å². The van der Waals surface area contributed by atoms with E-state index in [9.17, 15) is 4.79 Å². The van der Waals surface area contributed by atoms with Gasteiger partial charge in [0.2, 0.25) is 0 Å². The van der Waals surface area contributed by atoms with E-state index in [2.05, 4.69) is 0 Å². The Labute approximate surface area is 86.6 Å². The van der Waals surface area contributed by atoms with Crippen molar-refractivity contribution in [3.63, 3.8) is 0 Å². The molecular weight excluding hydrogens is 176 g/mol. The summed E-state index contributed by atoms with van der Waals surface area (Å²) in [5.41, 5.74) is 2.40. The van der Waals surface area contributed by atoms with Crippen molar-refractivity contribution in [1.29, 1.82) is 0 Å². The standard InChI is InChI=1S/C12H20O2/c1-6-10(4)8-12(7-9(2)3)14-11(5)13/h6-7,12H,8H2,1-5H3. The van der Waals surface area contributed by atoms with Gasteiger partial charge in [-0.05, 0) is 33.8 Å². The molecule has 0 aromatic carbocycles. The molecule has 0 aliphatic heterocycles. The van der Waals surface area contributed by atoms with Crippen molar-refractivity contribution in [1.82, 2.24) is 0 Å². The van der Waals surface area contributed by atoms with E-state index in [1.54, 1.807) is 0 Å². The molecule has 80 valence electrons. The number of ether oxygens (including phenoxy) is 1. The smallest absolute Gasteiger partial charge is 0.303 e. The Morgan fingerprint density at radius 1 is 1.29 bits per heavy atom. The summed E-state index contributed by atoms with van der Waals surface area (Å²) in [4.78, 5) is 10.8. The molecule has 2 heteroatoms.